The van der Waals surface area contributed by atoms with Gasteiger partial charge in [0.1, 0.15) is 0 Å². The van der Waals surface area contributed by atoms with Crippen molar-refractivity contribution in [2.75, 3.05) is 19.6 Å². The van der Waals surface area contributed by atoms with Gasteiger partial charge in [0.25, 0.3) is 10.2 Å². The summed E-state index contributed by atoms with van der Waals surface area (Å²) in [6.45, 7) is 1.77. The fourth-order valence-corrected chi connectivity index (χ4v) is 3.27. The molecule has 2 rings (SSSR count). The molecule has 94 valence electrons. The van der Waals surface area contributed by atoms with Gasteiger partial charge in [-0.1, -0.05) is 30.3 Å². The molecule has 1 heterocycles. The van der Waals surface area contributed by atoms with E-state index in [0.717, 1.165) is 24.8 Å². The van der Waals surface area contributed by atoms with Crippen LogP contribution in [0.15, 0.2) is 30.3 Å². The van der Waals surface area contributed by atoms with Crippen LogP contribution in [0.4, 0.5) is 0 Å². The molecule has 0 aromatic heterocycles. The molecular formula is C12H18N2O2S. The SMILES string of the molecule is O=S(=O)(NCCc1ccccc1)N1CCCC1. The van der Waals surface area contributed by atoms with E-state index in [4.69, 9.17) is 0 Å². The fourth-order valence-electron chi connectivity index (χ4n) is 1.99. The third-order valence-electron chi connectivity index (χ3n) is 2.95. The minimum Gasteiger partial charge on any atom is -0.202 e. The molecule has 0 spiro atoms. The highest BCUT2D eigenvalue weighted by Gasteiger charge is 2.24. The number of nitrogens with one attached hydrogen (secondary N) is 1. The molecule has 1 aromatic carbocycles. The van der Waals surface area contributed by atoms with Gasteiger partial charge in [-0.2, -0.15) is 12.7 Å². The zero-order valence-electron chi connectivity index (χ0n) is 9.80. The number of hydrogen-bond acceptors (Lipinski definition) is 2. The summed E-state index contributed by atoms with van der Waals surface area (Å²) in [6.07, 6.45) is 2.67. The van der Waals surface area contributed by atoms with Crippen LogP contribution in [0, 0.1) is 0 Å². The molecule has 0 bridgehead atoms. The van der Waals surface area contributed by atoms with Gasteiger partial charge < -0.3 is 0 Å². The van der Waals surface area contributed by atoms with Crippen molar-refractivity contribution < 1.29 is 8.42 Å². The van der Waals surface area contributed by atoms with E-state index in [9.17, 15) is 8.42 Å². The first-order chi connectivity index (χ1) is 8.18. The highest BCUT2D eigenvalue weighted by molar-refractivity contribution is 7.87. The second kappa shape index (κ2) is 5.62. The monoisotopic (exact) mass is 254 g/mol. The van der Waals surface area contributed by atoms with E-state index in [1.807, 2.05) is 30.3 Å². The summed E-state index contributed by atoms with van der Waals surface area (Å²) in [5.41, 5.74) is 1.15. The molecule has 5 heteroatoms. The molecule has 1 aliphatic heterocycles. The van der Waals surface area contributed by atoms with Crippen LogP contribution in [-0.2, 0) is 16.6 Å². The summed E-state index contributed by atoms with van der Waals surface area (Å²) < 4.78 is 27.8. The largest absolute Gasteiger partial charge is 0.279 e. The van der Waals surface area contributed by atoms with Gasteiger partial charge in [0, 0.05) is 19.6 Å². The van der Waals surface area contributed by atoms with Gasteiger partial charge in [-0.25, -0.2) is 4.72 Å². The minimum absolute atomic E-state index is 0.461. The lowest BCUT2D eigenvalue weighted by atomic mass is 10.2. The third-order valence-corrected chi connectivity index (χ3v) is 4.56. The van der Waals surface area contributed by atoms with E-state index in [-0.39, 0.29) is 0 Å². The molecule has 1 saturated heterocycles. The maximum atomic E-state index is 11.8. The first-order valence-corrected chi connectivity index (χ1v) is 7.41. The average Bonchev–Trinajstić information content (AvgIpc) is 2.84. The van der Waals surface area contributed by atoms with Crippen molar-refractivity contribution in [1.29, 1.82) is 0 Å². The maximum absolute atomic E-state index is 11.8. The van der Waals surface area contributed by atoms with Crippen LogP contribution in [0.2, 0.25) is 0 Å². The standard InChI is InChI=1S/C12H18N2O2S/c15-17(16,14-10-4-5-11-14)13-9-8-12-6-2-1-3-7-12/h1-3,6-7,13H,4-5,8-11H2. The van der Waals surface area contributed by atoms with Gasteiger partial charge >= 0.3 is 0 Å². The fraction of sp³-hybridized carbons (Fsp3) is 0.500. The van der Waals surface area contributed by atoms with Crippen molar-refractivity contribution >= 4 is 10.2 Å². The van der Waals surface area contributed by atoms with Gasteiger partial charge in [-0.3, -0.25) is 0 Å². The highest BCUT2D eigenvalue weighted by atomic mass is 32.2. The zero-order valence-corrected chi connectivity index (χ0v) is 10.6. The summed E-state index contributed by atoms with van der Waals surface area (Å²) in [4.78, 5) is 0. The Bertz CT molecular complexity index is 439. The molecule has 1 aromatic rings. The molecule has 0 aliphatic carbocycles. The van der Waals surface area contributed by atoms with Crippen molar-refractivity contribution in [3.63, 3.8) is 0 Å². The predicted molar refractivity (Wildman–Crippen MR) is 67.9 cm³/mol. The Hall–Kier alpha value is -0.910. The van der Waals surface area contributed by atoms with Crippen LogP contribution < -0.4 is 4.72 Å². The summed E-state index contributed by atoms with van der Waals surface area (Å²) in [7, 11) is -3.25. The van der Waals surface area contributed by atoms with E-state index < -0.39 is 10.2 Å². The van der Waals surface area contributed by atoms with Crippen molar-refractivity contribution in [3.8, 4) is 0 Å². The van der Waals surface area contributed by atoms with Crippen LogP contribution in [0.1, 0.15) is 18.4 Å². The summed E-state index contributed by atoms with van der Waals surface area (Å²) in [5, 5.41) is 0. The van der Waals surface area contributed by atoms with Crippen molar-refractivity contribution in [1.82, 2.24) is 9.03 Å². The first kappa shape index (κ1) is 12.5. The van der Waals surface area contributed by atoms with E-state index in [0.29, 0.717) is 19.6 Å². The Balaban J connectivity index is 1.82. The van der Waals surface area contributed by atoms with Gasteiger partial charge in [-0.15, -0.1) is 0 Å². The van der Waals surface area contributed by atoms with Crippen LogP contribution in [0.25, 0.3) is 0 Å². The topological polar surface area (TPSA) is 49.4 Å². The molecule has 0 saturated carbocycles. The Kier molecular flexibility index (Phi) is 4.15. The second-order valence-corrected chi connectivity index (χ2v) is 6.00. The maximum Gasteiger partial charge on any atom is 0.279 e. The van der Waals surface area contributed by atoms with E-state index >= 15 is 0 Å². The van der Waals surface area contributed by atoms with E-state index in [2.05, 4.69) is 4.72 Å². The molecule has 0 atom stereocenters. The Morgan fingerprint density at radius 3 is 2.41 bits per heavy atom. The van der Waals surface area contributed by atoms with Crippen LogP contribution >= 0.6 is 0 Å². The third kappa shape index (κ3) is 3.52. The highest BCUT2D eigenvalue weighted by Crippen LogP contribution is 2.11. The van der Waals surface area contributed by atoms with Gasteiger partial charge in [0.2, 0.25) is 0 Å². The number of rotatable bonds is 5. The van der Waals surface area contributed by atoms with Gasteiger partial charge in [0.05, 0.1) is 0 Å². The number of nitrogens with zero attached hydrogens (tertiary/aromatic N) is 1. The molecule has 1 aliphatic rings. The molecular weight excluding hydrogens is 236 g/mol. The molecule has 4 nitrogen and oxygen atoms in total. The molecule has 17 heavy (non-hydrogen) atoms. The van der Waals surface area contributed by atoms with Crippen LogP contribution in [-0.4, -0.2) is 32.4 Å². The smallest absolute Gasteiger partial charge is 0.202 e. The van der Waals surface area contributed by atoms with E-state index in [1.54, 1.807) is 0 Å². The first-order valence-electron chi connectivity index (χ1n) is 5.97. The molecule has 0 radical (unpaired) electrons. The number of hydrogen-bond donors (Lipinski definition) is 1. The lowest BCUT2D eigenvalue weighted by Gasteiger charge is -2.15. The van der Waals surface area contributed by atoms with Crippen LogP contribution in [0.5, 0.6) is 0 Å². The Morgan fingerprint density at radius 1 is 1.12 bits per heavy atom. The minimum atomic E-state index is -3.25. The predicted octanol–water partition coefficient (Wildman–Crippen LogP) is 1.16. The second-order valence-electron chi connectivity index (χ2n) is 4.24. The zero-order chi connectivity index (χ0) is 12.1. The summed E-state index contributed by atoms with van der Waals surface area (Å²) >= 11 is 0. The molecule has 0 amide bonds. The summed E-state index contributed by atoms with van der Waals surface area (Å²) in [5.74, 6) is 0. The van der Waals surface area contributed by atoms with Crippen LogP contribution in [0.3, 0.4) is 0 Å². The molecule has 1 N–H and O–H groups in total. The average molecular weight is 254 g/mol. The van der Waals surface area contributed by atoms with Gasteiger partial charge in [-0.05, 0) is 24.8 Å². The lowest BCUT2D eigenvalue weighted by Crippen LogP contribution is -2.39. The summed E-state index contributed by atoms with van der Waals surface area (Å²) in [6, 6.07) is 9.89. The van der Waals surface area contributed by atoms with Crippen molar-refractivity contribution in [2.24, 2.45) is 0 Å². The molecule has 1 fully saturated rings. The number of benzene rings is 1. The lowest BCUT2D eigenvalue weighted by molar-refractivity contribution is 0.465. The van der Waals surface area contributed by atoms with Crippen molar-refractivity contribution in [3.05, 3.63) is 35.9 Å². The van der Waals surface area contributed by atoms with Gasteiger partial charge in [0.15, 0.2) is 0 Å². The Morgan fingerprint density at radius 2 is 1.76 bits per heavy atom. The molecule has 0 unspecified atom stereocenters. The van der Waals surface area contributed by atoms with E-state index in [1.165, 1.54) is 4.31 Å². The quantitative estimate of drug-likeness (QED) is 0.857. The Labute approximate surface area is 103 Å². The normalized spacial score (nSPS) is 17.4. The van der Waals surface area contributed by atoms with Crippen molar-refractivity contribution in [2.45, 2.75) is 19.3 Å².